The number of carbonyl (C=O) groups excluding carboxylic acids is 1. The summed E-state index contributed by atoms with van der Waals surface area (Å²) in [5.74, 6) is -0.0463. The maximum atomic E-state index is 11.9. The number of nitrogens with one attached hydrogen (secondary N) is 1. The highest BCUT2D eigenvalue weighted by Crippen LogP contribution is 2.21. The van der Waals surface area contributed by atoms with E-state index < -0.39 is 12.0 Å². The largest absolute Gasteiger partial charge is 0.480 e. The van der Waals surface area contributed by atoms with Crippen molar-refractivity contribution < 1.29 is 14.7 Å². The van der Waals surface area contributed by atoms with Gasteiger partial charge in [0.1, 0.15) is 6.04 Å². The molecule has 2 rings (SSSR count). The molecular weight excluding hydrogens is 272 g/mol. The summed E-state index contributed by atoms with van der Waals surface area (Å²) < 4.78 is 0. The molecule has 98 valence electrons. The van der Waals surface area contributed by atoms with E-state index in [1.165, 1.54) is 16.7 Å². The fourth-order valence-corrected chi connectivity index (χ4v) is 3.68. The molecule has 0 aliphatic carbocycles. The minimum atomic E-state index is -0.942. The molecule has 0 saturated carbocycles. The predicted molar refractivity (Wildman–Crippen MR) is 71.9 cm³/mol. The van der Waals surface area contributed by atoms with E-state index in [4.69, 9.17) is 5.11 Å². The Morgan fingerprint density at radius 1 is 1.61 bits per heavy atom. The van der Waals surface area contributed by atoms with Crippen LogP contribution in [0.5, 0.6) is 0 Å². The van der Waals surface area contributed by atoms with Crippen molar-refractivity contribution in [1.29, 1.82) is 0 Å². The van der Waals surface area contributed by atoms with E-state index in [1.807, 2.05) is 18.4 Å². The number of thioether (sulfide) groups is 1. The first-order chi connectivity index (χ1) is 8.59. The molecule has 1 aromatic heterocycles. The Morgan fingerprint density at radius 2 is 2.39 bits per heavy atom. The molecule has 1 atom stereocenters. The number of thiophene rings is 1. The molecule has 1 aliphatic rings. The molecule has 0 bridgehead atoms. The first-order valence-corrected chi connectivity index (χ1v) is 7.51. The summed E-state index contributed by atoms with van der Waals surface area (Å²) in [4.78, 5) is 25.4. The molecule has 0 radical (unpaired) electrons. The number of hydrogen-bond donors (Lipinski definition) is 2. The van der Waals surface area contributed by atoms with E-state index in [-0.39, 0.29) is 6.03 Å². The topological polar surface area (TPSA) is 69.6 Å². The second-order valence-electron chi connectivity index (χ2n) is 4.01. The van der Waals surface area contributed by atoms with Crippen molar-refractivity contribution in [2.45, 2.75) is 19.5 Å². The van der Waals surface area contributed by atoms with Crippen LogP contribution in [-0.4, -0.2) is 39.7 Å². The molecule has 18 heavy (non-hydrogen) atoms. The van der Waals surface area contributed by atoms with Crippen LogP contribution in [0.1, 0.15) is 10.4 Å². The Bertz CT molecular complexity index is 461. The maximum absolute atomic E-state index is 11.9. The lowest BCUT2D eigenvalue weighted by Crippen LogP contribution is -2.46. The van der Waals surface area contributed by atoms with Crippen molar-refractivity contribution in [3.8, 4) is 0 Å². The van der Waals surface area contributed by atoms with E-state index in [0.717, 1.165) is 10.4 Å². The van der Waals surface area contributed by atoms with E-state index in [1.54, 1.807) is 11.3 Å². The Balaban J connectivity index is 1.92. The van der Waals surface area contributed by atoms with Gasteiger partial charge in [0.25, 0.3) is 0 Å². The molecule has 2 amide bonds. The second-order valence-corrected chi connectivity index (χ2v) is 6.01. The molecule has 1 aliphatic heterocycles. The fraction of sp³-hybridized carbons (Fsp3) is 0.455. The number of nitrogens with zero attached hydrogens (tertiary/aromatic N) is 1. The third-order valence-electron chi connectivity index (χ3n) is 2.80. The van der Waals surface area contributed by atoms with Gasteiger partial charge in [-0.2, -0.15) is 0 Å². The Hall–Kier alpha value is -1.21. The summed E-state index contributed by atoms with van der Waals surface area (Å²) in [7, 11) is 0. The van der Waals surface area contributed by atoms with Crippen molar-refractivity contribution in [2.75, 3.05) is 11.6 Å². The van der Waals surface area contributed by atoms with Gasteiger partial charge in [0.2, 0.25) is 0 Å². The van der Waals surface area contributed by atoms with Gasteiger partial charge >= 0.3 is 12.0 Å². The summed E-state index contributed by atoms with van der Waals surface area (Å²) in [6.45, 7) is 2.44. The van der Waals surface area contributed by atoms with Gasteiger partial charge in [-0.25, -0.2) is 9.59 Å². The van der Waals surface area contributed by atoms with Crippen molar-refractivity contribution in [2.24, 2.45) is 0 Å². The van der Waals surface area contributed by atoms with Crippen LogP contribution in [0.3, 0.4) is 0 Å². The number of aliphatic carboxylic acids is 1. The van der Waals surface area contributed by atoms with Gasteiger partial charge in [0.05, 0.1) is 12.4 Å². The molecule has 1 aromatic rings. The van der Waals surface area contributed by atoms with Crippen molar-refractivity contribution >= 4 is 35.1 Å². The zero-order valence-electron chi connectivity index (χ0n) is 9.88. The van der Waals surface area contributed by atoms with Gasteiger partial charge in [0, 0.05) is 10.6 Å². The minimum absolute atomic E-state index is 0.305. The molecule has 2 heterocycles. The van der Waals surface area contributed by atoms with Gasteiger partial charge in [-0.1, -0.05) is 0 Å². The number of carboxylic acid groups (broad SMARTS) is 1. The van der Waals surface area contributed by atoms with E-state index in [2.05, 4.69) is 5.32 Å². The quantitative estimate of drug-likeness (QED) is 0.888. The first kappa shape index (κ1) is 13.2. The highest BCUT2D eigenvalue weighted by Gasteiger charge is 2.34. The molecule has 0 aromatic carbocycles. The fourth-order valence-electron chi connectivity index (χ4n) is 1.69. The second kappa shape index (κ2) is 5.62. The smallest absolute Gasteiger partial charge is 0.327 e. The normalized spacial score (nSPS) is 18.9. The molecule has 0 spiro atoms. The van der Waals surface area contributed by atoms with Gasteiger partial charge in [-0.3, -0.25) is 0 Å². The van der Waals surface area contributed by atoms with Gasteiger partial charge in [-0.15, -0.1) is 23.1 Å². The predicted octanol–water partition coefficient (Wildman–Crippen LogP) is 1.73. The van der Waals surface area contributed by atoms with Crippen LogP contribution in [0.4, 0.5) is 4.79 Å². The summed E-state index contributed by atoms with van der Waals surface area (Å²) >= 11 is 3.05. The molecule has 1 fully saturated rings. The standard InChI is InChI=1S/C11H14N2O3S2/c1-7-2-3-18-9(7)4-12-11(16)13-6-17-5-8(13)10(14)15/h2-3,8H,4-6H2,1H3,(H,12,16)(H,14,15). The number of aryl methyl sites for hydroxylation is 1. The highest BCUT2D eigenvalue weighted by atomic mass is 32.2. The molecule has 5 nitrogen and oxygen atoms in total. The van der Waals surface area contributed by atoms with E-state index >= 15 is 0 Å². The Morgan fingerprint density at radius 3 is 3.00 bits per heavy atom. The number of urea groups is 1. The molecule has 2 N–H and O–H groups in total. The summed E-state index contributed by atoms with van der Waals surface area (Å²) in [5, 5.41) is 13.7. The summed E-state index contributed by atoms with van der Waals surface area (Å²) in [6, 6.07) is 0.984. The maximum Gasteiger partial charge on any atom is 0.327 e. The van der Waals surface area contributed by atoms with Crippen LogP contribution < -0.4 is 5.32 Å². The monoisotopic (exact) mass is 286 g/mol. The average molecular weight is 286 g/mol. The number of carbonyl (C=O) groups is 2. The third kappa shape index (κ3) is 2.78. The van der Waals surface area contributed by atoms with Crippen LogP contribution >= 0.6 is 23.1 Å². The number of amides is 2. The van der Waals surface area contributed by atoms with Crippen molar-refractivity contribution in [3.63, 3.8) is 0 Å². The van der Waals surface area contributed by atoms with E-state index in [0.29, 0.717) is 18.2 Å². The van der Waals surface area contributed by atoms with Crippen LogP contribution in [-0.2, 0) is 11.3 Å². The van der Waals surface area contributed by atoms with E-state index in [9.17, 15) is 9.59 Å². The number of rotatable bonds is 3. The average Bonchev–Trinajstić information content (AvgIpc) is 2.94. The molecule has 7 heteroatoms. The first-order valence-electron chi connectivity index (χ1n) is 5.47. The van der Waals surface area contributed by atoms with Crippen LogP contribution in [0.15, 0.2) is 11.4 Å². The van der Waals surface area contributed by atoms with Gasteiger partial charge in [0.15, 0.2) is 0 Å². The number of hydrogen-bond acceptors (Lipinski definition) is 4. The van der Waals surface area contributed by atoms with Crippen molar-refractivity contribution in [1.82, 2.24) is 10.2 Å². The Kier molecular flexibility index (Phi) is 4.13. The van der Waals surface area contributed by atoms with Crippen LogP contribution in [0, 0.1) is 6.92 Å². The zero-order valence-corrected chi connectivity index (χ0v) is 11.5. The molecule has 1 unspecified atom stereocenters. The Labute approximate surface area is 113 Å². The molecule has 1 saturated heterocycles. The lowest BCUT2D eigenvalue weighted by Gasteiger charge is -2.20. The third-order valence-corrected chi connectivity index (χ3v) is 4.83. The SMILES string of the molecule is Cc1ccsc1CNC(=O)N1CSCC1C(=O)O. The highest BCUT2D eigenvalue weighted by molar-refractivity contribution is 7.99. The molecular formula is C11H14N2O3S2. The summed E-state index contributed by atoms with van der Waals surface area (Å²) in [5.41, 5.74) is 1.14. The van der Waals surface area contributed by atoms with Crippen LogP contribution in [0.25, 0.3) is 0 Å². The van der Waals surface area contributed by atoms with Crippen LogP contribution in [0.2, 0.25) is 0 Å². The van der Waals surface area contributed by atoms with Gasteiger partial charge in [-0.05, 0) is 23.9 Å². The lowest BCUT2D eigenvalue weighted by atomic mass is 10.3. The zero-order chi connectivity index (χ0) is 13.1. The number of carboxylic acids is 1. The van der Waals surface area contributed by atoms with Crippen molar-refractivity contribution in [3.05, 3.63) is 21.9 Å². The minimum Gasteiger partial charge on any atom is -0.480 e. The summed E-state index contributed by atoms with van der Waals surface area (Å²) in [6.07, 6.45) is 0. The van der Waals surface area contributed by atoms with Gasteiger partial charge < -0.3 is 15.3 Å². The lowest BCUT2D eigenvalue weighted by molar-refractivity contribution is -0.140.